The molecular formula is C17H18N2O2. The summed E-state index contributed by atoms with van der Waals surface area (Å²) in [5, 5.41) is 0. The largest absolute Gasteiger partial charge is 0.371 e. The van der Waals surface area contributed by atoms with Crippen molar-refractivity contribution in [3.8, 4) is 11.3 Å². The van der Waals surface area contributed by atoms with E-state index in [0.717, 1.165) is 42.9 Å². The number of H-pyrrole nitrogens is 1. The highest BCUT2D eigenvalue weighted by Gasteiger charge is 2.21. The molecule has 0 unspecified atom stereocenters. The first-order valence-electron chi connectivity index (χ1n) is 7.25. The number of pyridine rings is 1. The van der Waals surface area contributed by atoms with Crippen molar-refractivity contribution < 1.29 is 4.79 Å². The highest BCUT2D eigenvalue weighted by molar-refractivity contribution is 6.00. The van der Waals surface area contributed by atoms with Crippen LogP contribution in [0.1, 0.15) is 30.1 Å². The van der Waals surface area contributed by atoms with Crippen LogP contribution in [0.4, 0.5) is 5.69 Å². The molecule has 1 aliphatic rings. The molecule has 0 radical (unpaired) electrons. The predicted octanol–water partition coefficient (Wildman–Crippen LogP) is 2.84. The Labute approximate surface area is 123 Å². The van der Waals surface area contributed by atoms with E-state index in [1.807, 2.05) is 36.4 Å². The van der Waals surface area contributed by atoms with Gasteiger partial charge >= 0.3 is 0 Å². The van der Waals surface area contributed by atoms with Gasteiger partial charge in [-0.05, 0) is 31.4 Å². The van der Waals surface area contributed by atoms with Gasteiger partial charge in [0.05, 0.1) is 11.4 Å². The maximum Gasteiger partial charge on any atom is 0.261 e. The van der Waals surface area contributed by atoms with Crippen molar-refractivity contribution in [1.82, 2.24) is 4.98 Å². The average Bonchev–Trinajstić information content (AvgIpc) is 3.01. The van der Waals surface area contributed by atoms with Gasteiger partial charge in [-0.2, -0.15) is 0 Å². The van der Waals surface area contributed by atoms with Crippen LogP contribution in [0.5, 0.6) is 0 Å². The van der Waals surface area contributed by atoms with Crippen LogP contribution < -0.4 is 10.5 Å². The van der Waals surface area contributed by atoms with Gasteiger partial charge in [-0.15, -0.1) is 0 Å². The van der Waals surface area contributed by atoms with Crippen molar-refractivity contribution in [2.45, 2.75) is 19.8 Å². The van der Waals surface area contributed by atoms with Crippen LogP contribution >= 0.6 is 0 Å². The lowest BCUT2D eigenvalue weighted by molar-refractivity contribution is 0.101. The number of rotatable bonds is 3. The lowest BCUT2D eigenvalue weighted by Gasteiger charge is -2.21. The van der Waals surface area contributed by atoms with E-state index >= 15 is 0 Å². The van der Waals surface area contributed by atoms with Crippen molar-refractivity contribution in [2.75, 3.05) is 18.0 Å². The second-order valence-electron chi connectivity index (χ2n) is 5.39. The van der Waals surface area contributed by atoms with Gasteiger partial charge in [-0.1, -0.05) is 30.3 Å². The summed E-state index contributed by atoms with van der Waals surface area (Å²) in [6.07, 6.45) is 2.20. The molecule has 0 amide bonds. The van der Waals surface area contributed by atoms with Gasteiger partial charge < -0.3 is 9.88 Å². The van der Waals surface area contributed by atoms with Crippen molar-refractivity contribution in [1.29, 1.82) is 0 Å². The first-order valence-corrected chi connectivity index (χ1v) is 7.25. The minimum Gasteiger partial charge on any atom is -0.371 e. The summed E-state index contributed by atoms with van der Waals surface area (Å²) >= 11 is 0. The third-order valence-corrected chi connectivity index (χ3v) is 3.90. The topological polar surface area (TPSA) is 53.2 Å². The lowest BCUT2D eigenvalue weighted by Crippen LogP contribution is -2.26. The lowest BCUT2D eigenvalue weighted by atomic mass is 10.1. The van der Waals surface area contributed by atoms with E-state index in [1.165, 1.54) is 6.92 Å². The number of nitrogens with one attached hydrogen (secondary N) is 1. The van der Waals surface area contributed by atoms with Gasteiger partial charge in [0.1, 0.15) is 5.56 Å². The molecule has 0 spiro atoms. The second-order valence-corrected chi connectivity index (χ2v) is 5.39. The fourth-order valence-corrected chi connectivity index (χ4v) is 2.87. The fourth-order valence-electron chi connectivity index (χ4n) is 2.87. The minimum absolute atomic E-state index is 0.183. The van der Waals surface area contributed by atoms with Gasteiger partial charge in [0, 0.05) is 13.1 Å². The Balaban J connectivity index is 2.17. The summed E-state index contributed by atoms with van der Waals surface area (Å²) in [6.45, 7) is 3.25. The van der Waals surface area contributed by atoms with Crippen LogP contribution in [0.2, 0.25) is 0 Å². The number of carbonyl (C=O) groups excluding carboxylic acids is 1. The summed E-state index contributed by atoms with van der Waals surface area (Å²) in [4.78, 5) is 29.1. The van der Waals surface area contributed by atoms with Crippen molar-refractivity contribution in [2.24, 2.45) is 0 Å². The van der Waals surface area contributed by atoms with Crippen LogP contribution in [-0.2, 0) is 0 Å². The average molecular weight is 282 g/mol. The zero-order valence-electron chi connectivity index (χ0n) is 12.1. The number of benzene rings is 1. The van der Waals surface area contributed by atoms with Crippen LogP contribution in [-0.4, -0.2) is 23.9 Å². The third kappa shape index (κ3) is 2.61. The number of anilines is 1. The number of nitrogens with zero attached hydrogens (tertiary/aromatic N) is 1. The monoisotopic (exact) mass is 282 g/mol. The maximum absolute atomic E-state index is 12.3. The molecule has 1 fully saturated rings. The Bertz CT molecular complexity index is 713. The number of ketones is 1. The van der Waals surface area contributed by atoms with E-state index < -0.39 is 0 Å². The van der Waals surface area contributed by atoms with Gasteiger partial charge in [0.15, 0.2) is 5.78 Å². The van der Waals surface area contributed by atoms with Crippen LogP contribution in [0.3, 0.4) is 0 Å². The Morgan fingerprint density at radius 3 is 2.43 bits per heavy atom. The van der Waals surface area contributed by atoms with E-state index in [-0.39, 0.29) is 16.9 Å². The predicted molar refractivity (Wildman–Crippen MR) is 84.0 cm³/mol. The third-order valence-electron chi connectivity index (χ3n) is 3.90. The van der Waals surface area contributed by atoms with E-state index in [9.17, 15) is 9.59 Å². The summed E-state index contributed by atoms with van der Waals surface area (Å²) in [5.74, 6) is -0.183. The SMILES string of the molecule is CC(=O)c1c(N2CCCC2)cc(-c2ccccc2)[nH]c1=O. The van der Waals surface area contributed by atoms with E-state index in [4.69, 9.17) is 0 Å². The fraction of sp³-hybridized carbons (Fsp3) is 0.294. The number of aromatic amines is 1. The molecule has 0 aliphatic carbocycles. The van der Waals surface area contributed by atoms with E-state index in [1.54, 1.807) is 0 Å². The molecule has 0 saturated carbocycles. The molecule has 21 heavy (non-hydrogen) atoms. The van der Waals surface area contributed by atoms with Gasteiger partial charge in [0.25, 0.3) is 5.56 Å². The number of hydrogen-bond acceptors (Lipinski definition) is 3. The molecule has 1 aromatic heterocycles. The molecule has 0 bridgehead atoms. The number of Topliss-reactive ketones (excluding diaryl/α,β-unsaturated/α-hetero) is 1. The van der Waals surface area contributed by atoms with Crippen molar-refractivity contribution >= 4 is 11.5 Å². The van der Waals surface area contributed by atoms with Crippen LogP contribution in [0.25, 0.3) is 11.3 Å². The van der Waals surface area contributed by atoms with E-state index in [2.05, 4.69) is 9.88 Å². The Kier molecular flexibility index (Phi) is 3.60. The van der Waals surface area contributed by atoms with Crippen LogP contribution in [0.15, 0.2) is 41.2 Å². The molecule has 2 heterocycles. The zero-order chi connectivity index (χ0) is 14.8. The standard InChI is InChI=1S/C17H18N2O2/c1-12(20)16-15(19-9-5-6-10-19)11-14(18-17(16)21)13-7-3-2-4-8-13/h2-4,7-8,11H,5-6,9-10H2,1H3,(H,18,21). The minimum atomic E-state index is -0.300. The summed E-state index contributed by atoms with van der Waals surface area (Å²) in [5.41, 5.74) is 2.45. The van der Waals surface area contributed by atoms with Crippen molar-refractivity contribution in [3.05, 3.63) is 52.3 Å². The summed E-state index contributed by atoms with van der Waals surface area (Å²) in [7, 11) is 0. The molecule has 1 aliphatic heterocycles. The van der Waals surface area contributed by atoms with Gasteiger partial charge in [0.2, 0.25) is 0 Å². The molecular weight excluding hydrogens is 264 g/mol. The summed E-state index contributed by atoms with van der Waals surface area (Å²) in [6, 6.07) is 11.6. The molecule has 4 heteroatoms. The summed E-state index contributed by atoms with van der Waals surface area (Å²) < 4.78 is 0. The normalized spacial score (nSPS) is 14.4. The molecule has 0 atom stereocenters. The number of carbonyl (C=O) groups is 1. The maximum atomic E-state index is 12.3. The van der Waals surface area contributed by atoms with Crippen molar-refractivity contribution in [3.63, 3.8) is 0 Å². The zero-order valence-corrected chi connectivity index (χ0v) is 12.1. The molecule has 2 aromatic rings. The van der Waals surface area contributed by atoms with E-state index in [0.29, 0.717) is 0 Å². The molecule has 108 valence electrons. The highest BCUT2D eigenvalue weighted by Crippen LogP contribution is 2.27. The molecule has 4 nitrogen and oxygen atoms in total. The van der Waals surface area contributed by atoms with Crippen LogP contribution in [0, 0.1) is 0 Å². The number of hydrogen-bond donors (Lipinski definition) is 1. The van der Waals surface area contributed by atoms with Gasteiger partial charge in [-0.3, -0.25) is 9.59 Å². The Hall–Kier alpha value is -2.36. The second kappa shape index (κ2) is 5.56. The van der Waals surface area contributed by atoms with Gasteiger partial charge in [-0.25, -0.2) is 0 Å². The first-order chi connectivity index (χ1) is 10.2. The highest BCUT2D eigenvalue weighted by atomic mass is 16.1. The first kappa shape index (κ1) is 13.6. The Morgan fingerprint density at radius 1 is 1.14 bits per heavy atom. The molecule has 3 rings (SSSR count). The smallest absolute Gasteiger partial charge is 0.261 e. The quantitative estimate of drug-likeness (QED) is 0.881. The molecule has 1 aromatic carbocycles. The molecule has 1 saturated heterocycles. The number of aromatic nitrogens is 1. The Morgan fingerprint density at radius 2 is 1.81 bits per heavy atom. The molecule has 1 N–H and O–H groups in total.